The van der Waals surface area contributed by atoms with Crippen LogP contribution >= 0.6 is 0 Å². The zero-order valence-electron chi connectivity index (χ0n) is 13.5. The number of pyridine rings is 1. The van der Waals surface area contributed by atoms with E-state index in [0.717, 1.165) is 12.1 Å². The molecule has 1 rings (SSSR count). The number of rotatable bonds is 8. The van der Waals surface area contributed by atoms with Crippen LogP contribution in [0.5, 0.6) is 0 Å². The van der Waals surface area contributed by atoms with Gasteiger partial charge in [-0.3, -0.25) is 9.78 Å². The van der Waals surface area contributed by atoms with Gasteiger partial charge < -0.3 is 15.3 Å². The molecular weight excluding hydrogens is 266 g/mol. The van der Waals surface area contributed by atoms with Crippen molar-refractivity contribution >= 4 is 11.6 Å². The lowest BCUT2D eigenvalue weighted by molar-refractivity contribution is 0.0767. The maximum atomic E-state index is 12.3. The number of nitrogens with one attached hydrogen (secondary N) is 1. The van der Waals surface area contributed by atoms with E-state index in [1.54, 1.807) is 17.2 Å². The van der Waals surface area contributed by atoms with Gasteiger partial charge >= 0.3 is 0 Å². The minimum Gasteiger partial charge on any atom is -0.396 e. The SMILES string of the molecule is CCN(CC)C(=O)c1cc(NC(C)(CC)CCO)ccn1. The molecule has 0 aliphatic carbocycles. The van der Waals surface area contributed by atoms with Gasteiger partial charge in [0.1, 0.15) is 5.69 Å². The molecule has 0 fully saturated rings. The van der Waals surface area contributed by atoms with Crippen LogP contribution in [0.4, 0.5) is 5.69 Å². The summed E-state index contributed by atoms with van der Waals surface area (Å²) in [5.41, 5.74) is 1.12. The third kappa shape index (κ3) is 4.70. The Morgan fingerprint density at radius 1 is 1.38 bits per heavy atom. The zero-order valence-corrected chi connectivity index (χ0v) is 13.5. The average molecular weight is 293 g/mol. The van der Waals surface area contributed by atoms with Gasteiger partial charge in [0.15, 0.2) is 0 Å². The third-order valence-corrected chi connectivity index (χ3v) is 3.92. The molecule has 0 aliphatic heterocycles. The van der Waals surface area contributed by atoms with Gasteiger partial charge in [0.05, 0.1) is 0 Å². The molecule has 1 amide bonds. The smallest absolute Gasteiger partial charge is 0.272 e. The maximum absolute atomic E-state index is 12.3. The van der Waals surface area contributed by atoms with E-state index in [2.05, 4.69) is 24.1 Å². The van der Waals surface area contributed by atoms with Crippen LogP contribution in [0.3, 0.4) is 0 Å². The van der Waals surface area contributed by atoms with E-state index in [-0.39, 0.29) is 18.1 Å². The molecule has 2 N–H and O–H groups in total. The molecule has 1 aromatic rings. The Bertz CT molecular complexity index is 461. The van der Waals surface area contributed by atoms with E-state index >= 15 is 0 Å². The molecule has 0 saturated carbocycles. The molecule has 5 nitrogen and oxygen atoms in total. The number of nitrogens with zero attached hydrogens (tertiary/aromatic N) is 2. The van der Waals surface area contributed by atoms with Gasteiger partial charge in [-0.15, -0.1) is 0 Å². The predicted octanol–water partition coefficient (Wildman–Crippen LogP) is 2.53. The molecule has 1 unspecified atom stereocenters. The second kappa shape index (κ2) is 7.98. The largest absolute Gasteiger partial charge is 0.396 e. The maximum Gasteiger partial charge on any atom is 0.272 e. The highest BCUT2D eigenvalue weighted by atomic mass is 16.3. The molecule has 0 aliphatic rings. The molecular formula is C16H27N3O2. The van der Waals surface area contributed by atoms with E-state index in [1.807, 2.05) is 19.9 Å². The topological polar surface area (TPSA) is 65.5 Å². The van der Waals surface area contributed by atoms with Gasteiger partial charge in [0, 0.05) is 37.1 Å². The van der Waals surface area contributed by atoms with Crippen LogP contribution in [-0.2, 0) is 0 Å². The van der Waals surface area contributed by atoms with E-state index in [1.165, 1.54) is 0 Å². The molecule has 1 aromatic heterocycles. The Kier molecular flexibility index (Phi) is 6.62. The first-order chi connectivity index (χ1) is 9.99. The molecule has 1 heterocycles. The summed E-state index contributed by atoms with van der Waals surface area (Å²) in [5, 5.41) is 12.6. The number of carbonyl (C=O) groups excluding carboxylic acids is 1. The molecule has 0 saturated heterocycles. The third-order valence-electron chi connectivity index (χ3n) is 3.92. The Morgan fingerprint density at radius 3 is 2.57 bits per heavy atom. The summed E-state index contributed by atoms with van der Waals surface area (Å²) in [4.78, 5) is 18.2. The number of aliphatic hydroxyl groups is 1. The first-order valence-corrected chi connectivity index (χ1v) is 7.64. The normalized spacial score (nSPS) is 13.6. The van der Waals surface area contributed by atoms with Crippen molar-refractivity contribution in [2.75, 3.05) is 25.0 Å². The molecule has 0 spiro atoms. The van der Waals surface area contributed by atoms with Crippen molar-refractivity contribution in [2.24, 2.45) is 0 Å². The van der Waals surface area contributed by atoms with Crippen molar-refractivity contribution in [2.45, 2.75) is 46.1 Å². The predicted molar refractivity (Wildman–Crippen MR) is 85.5 cm³/mol. The Morgan fingerprint density at radius 2 is 2.05 bits per heavy atom. The summed E-state index contributed by atoms with van der Waals surface area (Å²) in [6.07, 6.45) is 3.19. The van der Waals surface area contributed by atoms with E-state index in [0.29, 0.717) is 25.2 Å². The number of anilines is 1. The molecule has 118 valence electrons. The monoisotopic (exact) mass is 293 g/mol. The van der Waals surface area contributed by atoms with Crippen LogP contribution in [0.15, 0.2) is 18.3 Å². The van der Waals surface area contributed by atoms with Gasteiger partial charge in [-0.05, 0) is 45.7 Å². The van der Waals surface area contributed by atoms with Gasteiger partial charge in [0.2, 0.25) is 0 Å². The fourth-order valence-corrected chi connectivity index (χ4v) is 2.22. The Hall–Kier alpha value is -1.62. The van der Waals surface area contributed by atoms with Crippen molar-refractivity contribution < 1.29 is 9.90 Å². The van der Waals surface area contributed by atoms with Crippen molar-refractivity contribution in [3.05, 3.63) is 24.0 Å². The van der Waals surface area contributed by atoms with Gasteiger partial charge in [0.25, 0.3) is 5.91 Å². The minimum atomic E-state index is -0.189. The lowest BCUT2D eigenvalue weighted by Crippen LogP contribution is -2.35. The number of amides is 1. The summed E-state index contributed by atoms with van der Waals surface area (Å²) in [6.45, 7) is 9.53. The van der Waals surface area contributed by atoms with E-state index in [4.69, 9.17) is 0 Å². The highest BCUT2D eigenvalue weighted by Gasteiger charge is 2.22. The number of hydrogen-bond acceptors (Lipinski definition) is 4. The van der Waals surface area contributed by atoms with Crippen LogP contribution in [0.2, 0.25) is 0 Å². The number of aliphatic hydroxyl groups excluding tert-OH is 1. The molecule has 0 radical (unpaired) electrons. The fourth-order valence-electron chi connectivity index (χ4n) is 2.22. The standard InChI is InChI=1S/C16H27N3O2/c1-5-16(4,9-11-20)18-13-8-10-17-14(12-13)15(21)19(6-2)7-3/h8,10,12,20H,5-7,9,11H2,1-4H3,(H,17,18). The minimum absolute atomic E-state index is 0.0518. The molecule has 5 heteroatoms. The van der Waals surface area contributed by atoms with E-state index in [9.17, 15) is 9.90 Å². The first kappa shape index (κ1) is 17.4. The molecule has 21 heavy (non-hydrogen) atoms. The summed E-state index contributed by atoms with van der Waals surface area (Å²) >= 11 is 0. The summed E-state index contributed by atoms with van der Waals surface area (Å²) in [7, 11) is 0. The number of hydrogen-bond donors (Lipinski definition) is 2. The van der Waals surface area contributed by atoms with E-state index < -0.39 is 0 Å². The van der Waals surface area contributed by atoms with Gasteiger partial charge in [-0.25, -0.2) is 0 Å². The lowest BCUT2D eigenvalue weighted by Gasteiger charge is -2.30. The average Bonchev–Trinajstić information content (AvgIpc) is 2.49. The van der Waals surface area contributed by atoms with Crippen LogP contribution in [0, 0.1) is 0 Å². The lowest BCUT2D eigenvalue weighted by atomic mass is 9.94. The van der Waals surface area contributed by atoms with Crippen molar-refractivity contribution in [3.8, 4) is 0 Å². The van der Waals surface area contributed by atoms with Crippen molar-refractivity contribution in [1.29, 1.82) is 0 Å². The highest BCUT2D eigenvalue weighted by Crippen LogP contribution is 2.22. The number of aromatic nitrogens is 1. The fraction of sp³-hybridized carbons (Fsp3) is 0.625. The van der Waals surface area contributed by atoms with Crippen molar-refractivity contribution in [3.63, 3.8) is 0 Å². The second-order valence-electron chi connectivity index (χ2n) is 5.42. The van der Waals surface area contributed by atoms with Crippen LogP contribution in [-0.4, -0.2) is 46.1 Å². The number of carbonyl (C=O) groups is 1. The van der Waals surface area contributed by atoms with Gasteiger partial charge in [-0.2, -0.15) is 0 Å². The Balaban J connectivity index is 2.92. The summed E-state index contributed by atoms with van der Waals surface area (Å²) in [5.74, 6) is -0.0518. The highest BCUT2D eigenvalue weighted by molar-refractivity contribution is 5.93. The molecule has 0 bridgehead atoms. The second-order valence-corrected chi connectivity index (χ2v) is 5.42. The zero-order chi connectivity index (χ0) is 15.9. The van der Waals surface area contributed by atoms with Gasteiger partial charge in [-0.1, -0.05) is 6.92 Å². The molecule has 1 atom stereocenters. The quantitative estimate of drug-likeness (QED) is 0.773. The summed E-state index contributed by atoms with van der Waals surface area (Å²) in [6, 6.07) is 3.64. The summed E-state index contributed by atoms with van der Waals surface area (Å²) < 4.78 is 0. The van der Waals surface area contributed by atoms with Crippen molar-refractivity contribution in [1.82, 2.24) is 9.88 Å². The van der Waals surface area contributed by atoms with Crippen LogP contribution in [0.1, 0.15) is 51.0 Å². The van der Waals surface area contributed by atoms with Crippen LogP contribution < -0.4 is 5.32 Å². The first-order valence-electron chi connectivity index (χ1n) is 7.64. The van der Waals surface area contributed by atoms with Crippen LogP contribution in [0.25, 0.3) is 0 Å². The molecule has 0 aromatic carbocycles. The Labute approximate surface area is 127 Å².